The lowest BCUT2D eigenvalue weighted by molar-refractivity contribution is 0.0947. The predicted molar refractivity (Wildman–Crippen MR) is 79.1 cm³/mol. The quantitative estimate of drug-likeness (QED) is 0.801. The Bertz CT molecular complexity index is 539. The second-order valence-corrected chi connectivity index (χ2v) is 7.31. The SMILES string of the molecule is Cc1ccc(S(=O)(=O)OC(C)C2CCCN(C)C2)cc1. The molecule has 2 unspecified atom stereocenters. The van der Waals surface area contributed by atoms with E-state index >= 15 is 0 Å². The van der Waals surface area contributed by atoms with E-state index in [9.17, 15) is 8.42 Å². The van der Waals surface area contributed by atoms with Crippen LogP contribution in [0.4, 0.5) is 0 Å². The third kappa shape index (κ3) is 3.81. The summed E-state index contributed by atoms with van der Waals surface area (Å²) >= 11 is 0. The number of aryl methyl sites for hydroxylation is 1. The van der Waals surface area contributed by atoms with E-state index in [1.165, 1.54) is 0 Å². The molecule has 4 nitrogen and oxygen atoms in total. The Balaban J connectivity index is 2.05. The van der Waals surface area contributed by atoms with E-state index in [4.69, 9.17) is 4.18 Å². The molecule has 2 atom stereocenters. The monoisotopic (exact) mass is 297 g/mol. The molecular formula is C15H23NO3S. The standard InChI is InChI=1S/C15H23NO3S/c1-12-6-8-15(9-7-12)20(17,18)19-13(2)14-5-4-10-16(3)11-14/h6-9,13-14H,4-5,10-11H2,1-3H3. The molecule has 1 heterocycles. The maximum Gasteiger partial charge on any atom is 0.297 e. The van der Waals surface area contributed by atoms with Gasteiger partial charge in [0.1, 0.15) is 0 Å². The minimum Gasteiger partial charge on any atom is -0.306 e. The van der Waals surface area contributed by atoms with Crippen molar-refractivity contribution >= 4 is 10.1 Å². The highest BCUT2D eigenvalue weighted by molar-refractivity contribution is 7.86. The Hall–Kier alpha value is -0.910. The molecule has 112 valence electrons. The number of likely N-dealkylation sites (tertiary alicyclic amines) is 1. The van der Waals surface area contributed by atoms with Crippen molar-refractivity contribution in [1.29, 1.82) is 0 Å². The number of hydrogen-bond donors (Lipinski definition) is 0. The second kappa shape index (κ2) is 6.24. The zero-order valence-corrected chi connectivity index (χ0v) is 13.2. The third-order valence-corrected chi connectivity index (χ3v) is 5.32. The Morgan fingerprint density at radius 3 is 2.55 bits per heavy atom. The molecule has 0 bridgehead atoms. The molecule has 0 spiro atoms. The van der Waals surface area contributed by atoms with Crippen LogP contribution < -0.4 is 0 Å². The van der Waals surface area contributed by atoms with Gasteiger partial charge in [0.2, 0.25) is 0 Å². The van der Waals surface area contributed by atoms with Crippen LogP contribution in [-0.2, 0) is 14.3 Å². The zero-order valence-electron chi connectivity index (χ0n) is 12.4. The number of hydrogen-bond acceptors (Lipinski definition) is 4. The smallest absolute Gasteiger partial charge is 0.297 e. The normalized spacial score (nSPS) is 22.6. The molecule has 5 heteroatoms. The van der Waals surface area contributed by atoms with E-state index in [0.29, 0.717) is 0 Å². The Morgan fingerprint density at radius 1 is 1.30 bits per heavy atom. The highest BCUT2D eigenvalue weighted by atomic mass is 32.2. The maximum absolute atomic E-state index is 12.2. The van der Waals surface area contributed by atoms with Crippen LogP contribution in [0.5, 0.6) is 0 Å². The van der Waals surface area contributed by atoms with Crippen molar-refractivity contribution in [2.75, 3.05) is 20.1 Å². The highest BCUT2D eigenvalue weighted by Crippen LogP contribution is 2.24. The Kier molecular flexibility index (Phi) is 4.83. The predicted octanol–water partition coefficient (Wildman–Crippen LogP) is 2.43. The number of rotatable bonds is 4. The maximum atomic E-state index is 12.2. The van der Waals surface area contributed by atoms with Gasteiger partial charge in [-0.25, -0.2) is 0 Å². The second-order valence-electron chi connectivity index (χ2n) is 5.73. The summed E-state index contributed by atoms with van der Waals surface area (Å²) in [6.07, 6.45) is 1.83. The molecule has 0 aliphatic carbocycles. The van der Waals surface area contributed by atoms with Gasteiger partial charge in [-0.05, 0) is 58.3 Å². The lowest BCUT2D eigenvalue weighted by atomic mass is 9.94. The fourth-order valence-corrected chi connectivity index (χ4v) is 3.77. The summed E-state index contributed by atoms with van der Waals surface area (Å²) in [7, 11) is -1.60. The van der Waals surface area contributed by atoms with E-state index in [0.717, 1.165) is 31.5 Å². The van der Waals surface area contributed by atoms with Gasteiger partial charge in [-0.3, -0.25) is 4.18 Å². The van der Waals surface area contributed by atoms with Crippen LogP contribution in [0.2, 0.25) is 0 Å². The molecule has 0 radical (unpaired) electrons. The molecule has 1 saturated heterocycles. The topological polar surface area (TPSA) is 46.6 Å². The van der Waals surface area contributed by atoms with Crippen LogP contribution in [0.3, 0.4) is 0 Å². The first-order valence-electron chi connectivity index (χ1n) is 7.07. The number of benzene rings is 1. The molecule has 1 aliphatic rings. The van der Waals surface area contributed by atoms with Crippen molar-refractivity contribution in [2.24, 2.45) is 5.92 Å². The van der Waals surface area contributed by atoms with E-state index < -0.39 is 10.1 Å². The van der Waals surface area contributed by atoms with Crippen molar-refractivity contribution in [3.05, 3.63) is 29.8 Å². The van der Waals surface area contributed by atoms with Gasteiger partial charge in [0, 0.05) is 6.54 Å². The van der Waals surface area contributed by atoms with Crippen LogP contribution in [0, 0.1) is 12.8 Å². The number of piperidine rings is 1. The first kappa shape index (κ1) is 15.5. The van der Waals surface area contributed by atoms with E-state index in [2.05, 4.69) is 11.9 Å². The summed E-state index contributed by atoms with van der Waals surface area (Å²) in [6, 6.07) is 6.78. The van der Waals surface area contributed by atoms with Gasteiger partial charge in [0.15, 0.2) is 0 Å². The largest absolute Gasteiger partial charge is 0.306 e. The van der Waals surface area contributed by atoms with Gasteiger partial charge in [-0.1, -0.05) is 17.7 Å². The molecule has 0 aromatic heterocycles. The van der Waals surface area contributed by atoms with Gasteiger partial charge < -0.3 is 4.90 Å². The molecule has 1 aliphatic heterocycles. The Morgan fingerprint density at radius 2 is 1.95 bits per heavy atom. The average Bonchev–Trinajstić information content (AvgIpc) is 2.38. The van der Waals surface area contributed by atoms with Gasteiger partial charge in [0.05, 0.1) is 11.0 Å². The highest BCUT2D eigenvalue weighted by Gasteiger charge is 2.28. The van der Waals surface area contributed by atoms with Crippen molar-refractivity contribution in [3.63, 3.8) is 0 Å². The van der Waals surface area contributed by atoms with Crippen molar-refractivity contribution in [3.8, 4) is 0 Å². The summed E-state index contributed by atoms with van der Waals surface area (Å²) < 4.78 is 29.9. The van der Waals surface area contributed by atoms with Gasteiger partial charge >= 0.3 is 0 Å². The molecule has 2 rings (SSSR count). The minimum atomic E-state index is -3.66. The van der Waals surface area contributed by atoms with Crippen LogP contribution in [-0.4, -0.2) is 39.6 Å². The molecule has 1 aromatic rings. The fourth-order valence-electron chi connectivity index (χ4n) is 2.63. The average molecular weight is 297 g/mol. The van der Waals surface area contributed by atoms with Crippen molar-refractivity contribution in [2.45, 2.75) is 37.7 Å². The first-order chi connectivity index (χ1) is 9.38. The first-order valence-corrected chi connectivity index (χ1v) is 8.48. The fraction of sp³-hybridized carbons (Fsp3) is 0.600. The molecule has 1 fully saturated rings. The third-order valence-electron chi connectivity index (χ3n) is 3.91. The van der Waals surface area contributed by atoms with E-state index in [-0.39, 0.29) is 16.9 Å². The van der Waals surface area contributed by atoms with Crippen LogP contribution in [0.1, 0.15) is 25.3 Å². The van der Waals surface area contributed by atoms with Gasteiger partial charge in [-0.2, -0.15) is 8.42 Å². The van der Waals surface area contributed by atoms with Gasteiger partial charge in [-0.15, -0.1) is 0 Å². The Labute approximate surface area is 121 Å². The minimum absolute atomic E-state index is 0.235. The molecule has 0 saturated carbocycles. The molecular weight excluding hydrogens is 274 g/mol. The van der Waals surface area contributed by atoms with Crippen molar-refractivity contribution < 1.29 is 12.6 Å². The summed E-state index contributed by atoms with van der Waals surface area (Å²) in [6.45, 7) is 5.76. The molecule has 20 heavy (non-hydrogen) atoms. The zero-order chi connectivity index (χ0) is 14.8. The lowest BCUT2D eigenvalue weighted by Crippen LogP contribution is -2.38. The van der Waals surface area contributed by atoms with E-state index in [1.54, 1.807) is 24.3 Å². The van der Waals surface area contributed by atoms with E-state index in [1.807, 2.05) is 13.8 Å². The molecule has 0 amide bonds. The van der Waals surface area contributed by atoms with Crippen LogP contribution in [0.15, 0.2) is 29.2 Å². The van der Waals surface area contributed by atoms with Crippen molar-refractivity contribution in [1.82, 2.24) is 4.90 Å². The summed E-state index contributed by atoms with van der Waals surface area (Å²) in [5.41, 5.74) is 1.03. The summed E-state index contributed by atoms with van der Waals surface area (Å²) in [5, 5.41) is 0. The lowest BCUT2D eigenvalue weighted by Gasteiger charge is -2.32. The van der Waals surface area contributed by atoms with Crippen LogP contribution in [0.25, 0.3) is 0 Å². The van der Waals surface area contributed by atoms with Gasteiger partial charge in [0.25, 0.3) is 10.1 Å². The summed E-state index contributed by atoms with van der Waals surface area (Å²) in [4.78, 5) is 2.46. The molecule has 1 aromatic carbocycles. The summed E-state index contributed by atoms with van der Waals surface area (Å²) in [5.74, 6) is 0.272. The number of nitrogens with zero attached hydrogens (tertiary/aromatic N) is 1. The molecule has 0 N–H and O–H groups in total. The van der Waals surface area contributed by atoms with Crippen LogP contribution >= 0.6 is 0 Å².